The molecule has 0 N–H and O–H groups in total. The van der Waals surface area contributed by atoms with Crippen LogP contribution in [0.2, 0.25) is 0 Å². The number of fused-ring (bicyclic) bond motifs is 1. The number of rotatable bonds is 4. The van der Waals surface area contributed by atoms with Crippen molar-refractivity contribution in [3.63, 3.8) is 0 Å². The Morgan fingerprint density at radius 3 is 2.13 bits per heavy atom. The molecule has 3 aromatic carbocycles. The van der Waals surface area contributed by atoms with Gasteiger partial charge in [0, 0.05) is 21.5 Å². The highest BCUT2D eigenvalue weighted by atomic mass is 79.9. The van der Waals surface area contributed by atoms with Gasteiger partial charge in [0.1, 0.15) is 11.9 Å². The second-order valence-corrected chi connectivity index (χ2v) is 8.40. The van der Waals surface area contributed by atoms with Gasteiger partial charge >= 0.3 is 5.13 Å². The van der Waals surface area contributed by atoms with Gasteiger partial charge in [-0.15, -0.1) is 0 Å². The Morgan fingerprint density at radius 2 is 1.45 bits per heavy atom. The zero-order valence-electron chi connectivity index (χ0n) is 17.2. The molecule has 0 saturated carbocycles. The summed E-state index contributed by atoms with van der Waals surface area (Å²) in [5.41, 5.74) is 5.25. The third-order valence-electron chi connectivity index (χ3n) is 5.07. The van der Waals surface area contributed by atoms with Crippen molar-refractivity contribution >= 4 is 33.1 Å². The molecule has 6 heteroatoms. The van der Waals surface area contributed by atoms with Crippen molar-refractivity contribution in [3.05, 3.63) is 96.0 Å². The van der Waals surface area contributed by atoms with E-state index in [1.807, 2.05) is 23.7 Å². The number of hydrogen-bond acceptors (Lipinski definition) is 3. The lowest BCUT2D eigenvalue weighted by atomic mass is 10.1. The van der Waals surface area contributed by atoms with Crippen LogP contribution in [0, 0.1) is 6.92 Å². The molecule has 2 aromatic heterocycles. The van der Waals surface area contributed by atoms with Gasteiger partial charge in [-0.1, -0.05) is 66.7 Å². The lowest BCUT2D eigenvalue weighted by molar-refractivity contribution is -0.654. The average molecular weight is 489 g/mol. The first kappa shape index (κ1) is 21.2. The highest BCUT2D eigenvalue weighted by Gasteiger charge is 2.22. The van der Waals surface area contributed by atoms with Crippen LogP contribution in [0.15, 0.2) is 101 Å². The Kier molecular flexibility index (Phi) is 6.11. The van der Waals surface area contributed by atoms with Crippen molar-refractivity contribution in [1.29, 1.82) is 0 Å². The van der Waals surface area contributed by atoms with Gasteiger partial charge in [-0.2, -0.15) is 0 Å². The monoisotopic (exact) mass is 488 g/mol. The van der Waals surface area contributed by atoms with Gasteiger partial charge in [0.2, 0.25) is 0 Å². The van der Waals surface area contributed by atoms with Gasteiger partial charge < -0.3 is 21.5 Å². The summed E-state index contributed by atoms with van der Waals surface area (Å²) in [5.74, 6) is 0. The van der Waals surface area contributed by atoms with Crippen molar-refractivity contribution in [1.82, 2.24) is 4.57 Å². The van der Waals surface area contributed by atoms with Gasteiger partial charge in [-0.25, -0.2) is 4.57 Å². The largest absolute Gasteiger partial charge is 1.00 e. The van der Waals surface area contributed by atoms with Gasteiger partial charge in [0.05, 0.1) is 23.4 Å². The quantitative estimate of drug-likeness (QED) is 0.271. The van der Waals surface area contributed by atoms with E-state index in [1.54, 1.807) is 11.3 Å². The molecule has 0 aliphatic carbocycles. The summed E-state index contributed by atoms with van der Waals surface area (Å²) in [6.45, 7) is 2.08. The van der Waals surface area contributed by atoms with E-state index in [2.05, 4.69) is 95.6 Å². The fourth-order valence-electron chi connectivity index (χ4n) is 3.79. The molecule has 0 saturated heterocycles. The van der Waals surface area contributed by atoms with Crippen LogP contribution in [-0.4, -0.2) is 4.57 Å². The second kappa shape index (κ2) is 8.96. The van der Waals surface area contributed by atoms with Crippen LogP contribution in [0.1, 0.15) is 4.88 Å². The Bertz CT molecular complexity index is 1350. The molecule has 0 amide bonds. The standard InChI is InChI=1S/C25H21N4S.BrH/c1-18-17-28(2)25(30-18)27-26-23-21-15-9-10-16-22(21)29(20-13-7-4-8-14-20)24(23)19-11-5-3-6-12-19;/h3-17H,1-2H3;1H/q+1;/p-1. The van der Waals surface area contributed by atoms with Crippen LogP contribution in [-0.2, 0) is 7.05 Å². The van der Waals surface area contributed by atoms with Crippen LogP contribution in [0.5, 0.6) is 0 Å². The third-order valence-corrected chi connectivity index (χ3v) is 6.05. The SMILES string of the molecule is Cc1c[n+](C)c(N=Nc2c(-c3ccccc3)n(-c3ccccc3)c3ccccc23)s1.[Br-]. The van der Waals surface area contributed by atoms with E-state index in [4.69, 9.17) is 5.11 Å². The van der Waals surface area contributed by atoms with E-state index in [0.717, 1.165) is 38.7 Å². The zero-order valence-corrected chi connectivity index (χ0v) is 19.6. The van der Waals surface area contributed by atoms with Crippen molar-refractivity contribution in [2.24, 2.45) is 17.3 Å². The van der Waals surface area contributed by atoms with Crippen LogP contribution >= 0.6 is 11.3 Å². The van der Waals surface area contributed by atoms with Crippen LogP contribution in [0.25, 0.3) is 27.8 Å². The highest BCUT2D eigenvalue weighted by molar-refractivity contribution is 7.14. The Labute approximate surface area is 195 Å². The molecule has 5 aromatic rings. The molecule has 0 atom stereocenters. The van der Waals surface area contributed by atoms with E-state index in [0.29, 0.717) is 0 Å². The van der Waals surface area contributed by atoms with E-state index in [9.17, 15) is 0 Å². The molecule has 0 spiro atoms. The number of benzene rings is 3. The molecular formula is C25H21BrN4S. The fraction of sp³-hybridized carbons (Fsp3) is 0.0800. The number of aromatic nitrogens is 2. The molecule has 0 aliphatic rings. The van der Waals surface area contributed by atoms with Crippen molar-refractivity contribution in [2.45, 2.75) is 6.92 Å². The number of thiazole rings is 1. The maximum Gasteiger partial charge on any atom is 0.408 e. The normalized spacial score (nSPS) is 11.2. The summed E-state index contributed by atoms with van der Waals surface area (Å²) in [6.07, 6.45) is 2.07. The molecule has 0 bridgehead atoms. The summed E-state index contributed by atoms with van der Waals surface area (Å²) in [7, 11) is 2.00. The smallest absolute Gasteiger partial charge is 0.408 e. The number of halogens is 1. The van der Waals surface area contributed by atoms with E-state index >= 15 is 0 Å². The maximum absolute atomic E-state index is 4.80. The fourth-order valence-corrected chi connectivity index (χ4v) is 4.56. The Balaban J connectivity index is 0.00000231. The van der Waals surface area contributed by atoms with Crippen LogP contribution < -0.4 is 21.5 Å². The second-order valence-electron chi connectivity index (χ2n) is 7.19. The number of hydrogen-bond donors (Lipinski definition) is 0. The predicted molar refractivity (Wildman–Crippen MR) is 123 cm³/mol. The summed E-state index contributed by atoms with van der Waals surface area (Å²) >= 11 is 1.64. The molecule has 31 heavy (non-hydrogen) atoms. The summed E-state index contributed by atoms with van der Waals surface area (Å²) in [4.78, 5) is 1.21. The minimum absolute atomic E-state index is 0. The first-order chi connectivity index (χ1) is 14.7. The summed E-state index contributed by atoms with van der Waals surface area (Å²) in [6, 6.07) is 29.2. The Morgan fingerprint density at radius 1 is 0.806 bits per heavy atom. The number of azo groups is 1. The lowest BCUT2D eigenvalue weighted by Gasteiger charge is -2.11. The first-order valence-corrected chi connectivity index (χ1v) is 10.7. The molecule has 0 fully saturated rings. The van der Waals surface area contributed by atoms with Gasteiger partial charge in [-0.05, 0) is 41.6 Å². The molecule has 0 unspecified atom stereocenters. The van der Waals surface area contributed by atoms with Crippen molar-refractivity contribution < 1.29 is 21.5 Å². The Hall–Kier alpha value is -3.09. The molecular weight excluding hydrogens is 468 g/mol. The summed E-state index contributed by atoms with van der Waals surface area (Å²) < 4.78 is 4.29. The summed E-state index contributed by atoms with van der Waals surface area (Å²) in [5, 5.41) is 11.4. The lowest BCUT2D eigenvalue weighted by Crippen LogP contribution is -3.00. The zero-order chi connectivity index (χ0) is 20.5. The molecule has 2 heterocycles. The number of nitrogens with zero attached hydrogens (tertiary/aromatic N) is 4. The highest BCUT2D eigenvalue weighted by Crippen LogP contribution is 2.42. The molecule has 5 rings (SSSR count). The molecule has 154 valence electrons. The van der Waals surface area contributed by atoms with E-state index < -0.39 is 0 Å². The molecule has 0 aliphatic heterocycles. The number of para-hydroxylation sites is 2. The average Bonchev–Trinajstić information content (AvgIpc) is 3.29. The van der Waals surface area contributed by atoms with E-state index in [1.165, 1.54) is 4.88 Å². The first-order valence-electron chi connectivity index (χ1n) is 9.84. The minimum atomic E-state index is 0. The van der Waals surface area contributed by atoms with Crippen LogP contribution in [0.4, 0.5) is 10.8 Å². The van der Waals surface area contributed by atoms with Crippen LogP contribution in [0.3, 0.4) is 0 Å². The van der Waals surface area contributed by atoms with Gasteiger partial charge in [-0.3, -0.25) is 0 Å². The molecule has 0 radical (unpaired) electrons. The van der Waals surface area contributed by atoms with Crippen molar-refractivity contribution in [3.8, 4) is 16.9 Å². The third kappa shape index (κ3) is 3.96. The topological polar surface area (TPSA) is 33.5 Å². The van der Waals surface area contributed by atoms with Crippen molar-refractivity contribution in [2.75, 3.05) is 0 Å². The van der Waals surface area contributed by atoms with E-state index in [-0.39, 0.29) is 17.0 Å². The minimum Gasteiger partial charge on any atom is -1.00 e. The maximum atomic E-state index is 4.80. The predicted octanol–water partition coefficient (Wildman–Crippen LogP) is 3.91. The van der Waals surface area contributed by atoms with Gasteiger partial charge in [0.15, 0.2) is 0 Å². The molecule has 4 nitrogen and oxygen atoms in total. The van der Waals surface area contributed by atoms with Gasteiger partial charge in [0.25, 0.3) is 0 Å². The number of aryl methyl sites for hydroxylation is 2.